The number of nitrogens with zero attached hydrogens (tertiary/aromatic N) is 2. The lowest BCUT2D eigenvalue weighted by molar-refractivity contribution is -0.146. The van der Waals surface area contributed by atoms with Gasteiger partial charge in [0.25, 0.3) is 0 Å². The summed E-state index contributed by atoms with van der Waals surface area (Å²) in [4.78, 5) is 57.8. The van der Waals surface area contributed by atoms with Gasteiger partial charge in [-0.2, -0.15) is 0 Å². The lowest BCUT2D eigenvalue weighted by Crippen LogP contribution is -2.64. The van der Waals surface area contributed by atoms with Gasteiger partial charge in [-0.05, 0) is 34.7 Å². The second-order valence-corrected chi connectivity index (χ2v) is 9.51. The van der Waals surface area contributed by atoms with Crippen molar-refractivity contribution in [2.75, 3.05) is 4.90 Å². The Morgan fingerprint density at radius 2 is 1.76 bits per heavy atom. The highest BCUT2D eigenvalue weighted by molar-refractivity contribution is 6.06. The predicted octanol–water partition coefficient (Wildman–Crippen LogP) is 3.73. The molecule has 3 atom stereocenters. The van der Waals surface area contributed by atoms with Crippen LogP contribution >= 0.6 is 0 Å². The zero-order chi connectivity index (χ0) is 27.3. The number of alkyl carbamates (subject to hydrolysis) is 1. The molecule has 0 fully saturated rings. The van der Waals surface area contributed by atoms with Crippen LogP contribution < -0.4 is 10.2 Å². The molecule has 2 heterocycles. The minimum atomic E-state index is -2.08. The van der Waals surface area contributed by atoms with E-state index in [0.29, 0.717) is 17.4 Å². The van der Waals surface area contributed by atoms with Crippen LogP contribution in [0.3, 0.4) is 0 Å². The van der Waals surface area contributed by atoms with Gasteiger partial charge in [0.1, 0.15) is 18.5 Å². The summed E-state index contributed by atoms with van der Waals surface area (Å²) in [6.45, 7) is 3.55. The first-order valence-electron chi connectivity index (χ1n) is 12.3. The maximum absolute atomic E-state index is 14.3. The molecule has 3 aromatic rings. The summed E-state index contributed by atoms with van der Waals surface area (Å²) in [5, 5.41) is 13.0. The molecule has 1 aromatic heterocycles. The number of rotatable bonds is 9. The smallest absolute Gasteiger partial charge is 0.408 e. The van der Waals surface area contributed by atoms with Crippen molar-refractivity contribution in [2.45, 2.75) is 44.5 Å². The van der Waals surface area contributed by atoms with Crippen LogP contribution in [0, 0.1) is 5.92 Å². The van der Waals surface area contributed by atoms with Gasteiger partial charge in [0, 0.05) is 12.6 Å². The van der Waals surface area contributed by atoms with Gasteiger partial charge < -0.3 is 24.9 Å². The van der Waals surface area contributed by atoms with E-state index < -0.39 is 35.5 Å². The van der Waals surface area contributed by atoms with Crippen LogP contribution in [0.4, 0.5) is 10.6 Å². The molecule has 1 aliphatic heterocycles. The molecule has 0 saturated carbocycles. The number of pyridine rings is 1. The van der Waals surface area contributed by atoms with E-state index in [2.05, 4.69) is 10.3 Å². The molecule has 9 nitrogen and oxygen atoms in total. The molecular weight excluding hydrogens is 486 g/mol. The number of ketones is 1. The number of benzene rings is 2. The van der Waals surface area contributed by atoms with Gasteiger partial charge in [-0.1, -0.05) is 74.5 Å². The number of Topliss-reactive ketones (excluding diaryl/α,β-unsaturated/α-hetero) is 1. The summed E-state index contributed by atoms with van der Waals surface area (Å²) < 4.78 is 5.35. The van der Waals surface area contributed by atoms with Crippen LogP contribution in [0.2, 0.25) is 0 Å². The first-order valence-corrected chi connectivity index (χ1v) is 12.3. The number of carbonyl (C=O) groups excluding carboxylic acids is 3. The quantitative estimate of drug-likeness (QED) is 0.326. The monoisotopic (exact) mass is 515 g/mol. The average molecular weight is 516 g/mol. The highest BCUT2D eigenvalue weighted by atomic mass is 16.5. The van der Waals surface area contributed by atoms with E-state index in [1.54, 1.807) is 56.3 Å². The number of aliphatic carboxylic acids is 1. The molecule has 196 valence electrons. The fourth-order valence-electron chi connectivity index (χ4n) is 4.78. The van der Waals surface area contributed by atoms with Crippen LogP contribution in [-0.2, 0) is 32.1 Å². The number of ether oxygens (including phenoxy) is 1. The van der Waals surface area contributed by atoms with Crippen LogP contribution in [0.5, 0.6) is 0 Å². The van der Waals surface area contributed by atoms with Crippen molar-refractivity contribution in [2.24, 2.45) is 5.92 Å². The third-order valence-corrected chi connectivity index (χ3v) is 6.69. The summed E-state index contributed by atoms with van der Waals surface area (Å²) in [5.41, 5.74) is -0.193. The number of carboxylic acid groups (broad SMARTS) is 1. The molecule has 0 bridgehead atoms. The van der Waals surface area contributed by atoms with Gasteiger partial charge in [0.05, 0.1) is 6.04 Å². The number of anilines is 1. The Hall–Kier alpha value is -4.53. The molecule has 2 aromatic carbocycles. The summed E-state index contributed by atoms with van der Waals surface area (Å²) in [7, 11) is 0. The molecule has 0 saturated heterocycles. The highest BCUT2D eigenvalue weighted by Gasteiger charge is 2.55. The average Bonchev–Trinajstić information content (AvgIpc) is 2.94. The van der Waals surface area contributed by atoms with E-state index in [-0.39, 0.29) is 24.8 Å². The lowest BCUT2D eigenvalue weighted by Gasteiger charge is -2.47. The molecule has 1 aliphatic rings. The summed E-state index contributed by atoms with van der Waals surface area (Å²) in [5.74, 6) is -2.10. The largest absolute Gasteiger partial charge is 0.479 e. The normalized spacial score (nSPS) is 19.2. The van der Waals surface area contributed by atoms with Gasteiger partial charge in [-0.25, -0.2) is 14.6 Å². The van der Waals surface area contributed by atoms with Crippen molar-refractivity contribution in [3.05, 3.63) is 95.7 Å². The number of hydrogen-bond acceptors (Lipinski definition) is 7. The number of amides is 1. The molecule has 0 aliphatic carbocycles. The highest BCUT2D eigenvalue weighted by Crippen LogP contribution is 2.42. The Kier molecular flexibility index (Phi) is 7.85. The van der Waals surface area contributed by atoms with Crippen LogP contribution in [0.15, 0.2) is 79.0 Å². The van der Waals surface area contributed by atoms with Gasteiger partial charge in [0.2, 0.25) is 0 Å². The van der Waals surface area contributed by atoms with E-state index in [9.17, 15) is 24.3 Å². The maximum Gasteiger partial charge on any atom is 0.408 e. The van der Waals surface area contributed by atoms with Gasteiger partial charge in [-0.15, -0.1) is 0 Å². The minimum Gasteiger partial charge on any atom is -0.479 e. The second-order valence-electron chi connectivity index (χ2n) is 9.51. The number of fused-ring (bicyclic) bond motifs is 1. The summed E-state index contributed by atoms with van der Waals surface area (Å²) in [6.07, 6.45) is 0.885. The van der Waals surface area contributed by atoms with Gasteiger partial charge >= 0.3 is 12.1 Å². The molecule has 0 radical (unpaired) electrons. The molecule has 2 N–H and O–H groups in total. The molecule has 38 heavy (non-hydrogen) atoms. The molecule has 1 amide bonds. The zero-order valence-corrected chi connectivity index (χ0v) is 21.1. The Bertz CT molecular complexity index is 1310. The van der Waals surface area contributed by atoms with Crippen LogP contribution in [0.1, 0.15) is 36.6 Å². The number of carbonyl (C=O) groups is 4. The predicted molar refractivity (Wildman–Crippen MR) is 139 cm³/mol. The van der Waals surface area contributed by atoms with Crippen molar-refractivity contribution in [3.8, 4) is 0 Å². The van der Waals surface area contributed by atoms with Crippen molar-refractivity contribution in [1.29, 1.82) is 0 Å². The van der Waals surface area contributed by atoms with Gasteiger partial charge in [-0.3, -0.25) is 4.79 Å². The number of carboxylic acids is 1. The number of hydrogen-bond donors (Lipinski definition) is 2. The molecule has 9 heteroatoms. The second kappa shape index (κ2) is 11.2. The lowest BCUT2D eigenvalue weighted by atomic mass is 9.76. The minimum absolute atomic E-state index is 0.0191. The number of aldehydes is 1. The molecule has 1 unspecified atom stereocenters. The Morgan fingerprint density at radius 1 is 1.08 bits per heavy atom. The zero-order valence-electron chi connectivity index (χ0n) is 21.1. The number of aromatic nitrogens is 1. The van der Waals surface area contributed by atoms with Crippen molar-refractivity contribution in [3.63, 3.8) is 0 Å². The standard InChI is InChI=1S/C29H29N3O6/c1-19(2)24(31-28(37)38-17-20-10-4-3-5-11-20)26(34)25-22-13-7-6-12-21(22)16-29(18-33,27(35)36)32(25)23-14-8-9-15-30-23/h3-15,18-19,24-25H,16-17H2,1-2H3,(H,31,37)(H,35,36)/t24-,25?,29-/m0/s1. The molecule has 4 rings (SSSR count). The van der Waals surface area contributed by atoms with E-state index in [1.807, 2.05) is 30.3 Å². The van der Waals surface area contributed by atoms with E-state index in [4.69, 9.17) is 4.74 Å². The van der Waals surface area contributed by atoms with Crippen molar-refractivity contribution >= 4 is 29.9 Å². The number of nitrogens with one attached hydrogen (secondary N) is 1. The Labute approximate surface area is 220 Å². The Morgan fingerprint density at radius 3 is 2.39 bits per heavy atom. The van der Waals surface area contributed by atoms with Crippen molar-refractivity contribution < 1.29 is 29.0 Å². The third-order valence-electron chi connectivity index (χ3n) is 6.69. The van der Waals surface area contributed by atoms with Gasteiger partial charge in [0.15, 0.2) is 17.6 Å². The first kappa shape index (κ1) is 26.5. The van der Waals surface area contributed by atoms with Crippen molar-refractivity contribution in [1.82, 2.24) is 10.3 Å². The molecule has 0 spiro atoms. The van der Waals surface area contributed by atoms with Crippen LogP contribution in [-0.4, -0.2) is 45.8 Å². The van der Waals surface area contributed by atoms with E-state index in [0.717, 1.165) is 5.56 Å². The maximum atomic E-state index is 14.3. The van der Waals surface area contributed by atoms with E-state index >= 15 is 0 Å². The first-order chi connectivity index (χ1) is 18.3. The van der Waals surface area contributed by atoms with E-state index in [1.165, 1.54) is 11.1 Å². The Balaban J connectivity index is 1.74. The fourth-order valence-corrected chi connectivity index (χ4v) is 4.78. The summed E-state index contributed by atoms with van der Waals surface area (Å²) >= 11 is 0. The van der Waals surface area contributed by atoms with Crippen LogP contribution in [0.25, 0.3) is 0 Å². The molecular formula is C29H29N3O6. The summed E-state index contributed by atoms with van der Waals surface area (Å²) in [6, 6.07) is 18.7. The SMILES string of the molecule is CC(C)[C@H](NC(=O)OCc1ccccc1)C(=O)C1c2ccccc2C[C@](C=O)(C(=O)O)N1c1ccccn1. The third kappa shape index (κ3) is 5.13. The topological polar surface area (TPSA) is 126 Å². The fraction of sp³-hybridized carbons (Fsp3) is 0.276.